The maximum Gasteiger partial charge on any atom is 0.0410 e. The molecule has 0 aliphatic heterocycles. The molecular formula is C12H11Br2N. The van der Waals surface area contributed by atoms with Crippen molar-refractivity contribution in [2.45, 2.75) is 6.92 Å². The summed E-state index contributed by atoms with van der Waals surface area (Å²) in [5.41, 5.74) is 1.29. The summed E-state index contributed by atoms with van der Waals surface area (Å²) in [6.45, 7) is 2.07. The zero-order valence-electron chi connectivity index (χ0n) is 8.32. The Morgan fingerprint density at radius 1 is 1.00 bits per heavy atom. The fraction of sp³-hybridized carbons (Fsp3) is 0.0833. The summed E-state index contributed by atoms with van der Waals surface area (Å²) in [6.07, 6.45) is 3.49. The fourth-order valence-corrected chi connectivity index (χ4v) is 1.73. The number of aryl methyl sites for hydroxylation is 1. The summed E-state index contributed by atoms with van der Waals surface area (Å²) in [4.78, 5) is 3.84. The van der Waals surface area contributed by atoms with E-state index in [1.54, 1.807) is 12.4 Å². The summed E-state index contributed by atoms with van der Waals surface area (Å²) in [5.74, 6) is 0. The van der Waals surface area contributed by atoms with Crippen LogP contribution in [0.5, 0.6) is 0 Å². The van der Waals surface area contributed by atoms with Gasteiger partial charge < -0.3 is 0 Å². The van der Waals surface area contributed by atoms with E-state index in [-0.39, 0.29) is 0 Å². The Balaban J connectivity index is 0.000000151. The van der Waals surface area contributed by atoms with Crippen molar-refractivity contribution in [2.24, 2.45) is 0 Å². The molecule has 0 saturated heterocycles. The Morgan fingerprint density at radius 2 is 1.73 bits per heavy atom. The number of nitrogens with zero attached hydrogens (tertiary/aromatic N) is 1. The smallest absolute Gasteiger partial charge is 0.0410 e. The molecule has 2 aromatic rings. The topological polar surface area (TPSA) is 12.9 Å². The van der Waals surface area contributed by atoms with E-state index in [4.69, 9.17) is 0 Å². The number of hydrogen-bond donors (Lipinski definition) is 0. The number of halogens is 2. The molecule has 0 amide bonds. The second-order valence-corrected chi connectivity index (χ2v) is 4.80. The second kappa shape index (κ2) is 6.75. The summed E-state index contributed by atoms with van der Waals surface area (Å²) in [7, 11) is 0. The van der Waals surface area contributed by atoms with Crippen LogP contribution in [0.15, 0.2) is 57.7 Å². The van der Waals surface area contributed by atoms with E-state index < -0.39 is 0 Å². The minimum Gasteiger partial charge on any atom is -0.264 e. The number of aromatic nitrogens is 1. The molecule has 0 fully saturated rings. The van der Waals surface area contributed by atoms with Gasteiger partial charge in [0.2, 0.25) is 0 Å². The van der Waals surface area contributed by atoms with Crippen LogP contribution in [0, 0.1) is 6.92 Å². The van der Waals surface area contributed by atoms with Gasteiger partial charge in [-0.25, -0.2) is 0 Å². The van der Waals surface area contributed by atoms with Gasteiger partial charge in [-0.15, -0.1) is 0 Å². The van der Waals surface area contributed by atoms with Crippen molar-refractivity contribution in [1.82, 2.24) is 4.98 Å². The SMILES string of the molecule is Brc1cccnc1.Cc1cccc(Br)c1. The van der Waals surface area contributed by atoms with E-state index in [1.807, 2.05) is 24.3 Å². The third kappa shape index (κ3) is 5.70. The highest BCUT2D eigenvalue weighted by atomic mass is 79.9. The lowest BCUT2D eigenvalue weighted by molar-refractivity contribution is 1.31. The highest BCUT2D eigenvalue weighted by Gasteiger charge is 1.82. The molecule has 1 aromatic carbocycles. The molecular weight excluding hydrogens is 318 g/mol. The molecule has 1 aromatic heterocycles. The molecule has 15 heavy (non-hydrogen) atoms. The molecule has 0 spiro atoms. The average Bonchev–Trinajstić information content (AvgIpc) is 2.19. The quantitative estimate of drug-likeness (QED) is 0.688. The van der Waals surface area contributed by atoms with Crippen molar-refractivity contribution in [3.63, 3.8) is 0 Å². The van der Waals surface area contributed by atoms with Crippen LogP contribution in [0.3, 0.4) is 0 Å². The molecule has 1 nitrogen and oxygen atoms in total. The number of pyridine rings is 1. The lowest BCUT2D eigenvalue weighted by Gasteiger charge is -1.89. The number of hydrogen-bond acceptors (Lipinski definition) is 1. The van der Waals surface area contributed by atoms with E-state index in [0.29, 0.717) is 0 Å². The summed E-state index contributed by atoms with van der Waals surface area (Å²) in [6, 6.07) is 12.0. The van der Waals surface area contributed by atoms with Crippen molar-refractivity contribution in [3.05, 3.63) is 63.3 Å². The first-order valence-corrected chi connectivity index (χ1v) is 6.05. The molecule has 0 radical (unpaired) electrons. The molecule has 0 aliphatic rings. The van der Waals surface area contributed by atoms with E-state index in [2.05, 4.69) is 55.9 Å². The molecule has 0 aliphatic carbocycles. The number of rotatable bonds is 0. The molecule has 2 rings (SSSR count). The molecule has 0 atom stereocenters. The standard InChI is InChI=1S/C7H7Br.C5H4BrN/c1-6-3-2-4-7(8)5-6;6-5-2-1-3-7-4-5/h2-5H,1H3;1-4H. The van der Waals surface area contributed by atoms with Crippen molar-refractivity contribution in [3.8, 4) is 0 Å². The van der Waals surface area contributed by atoms with Crippen LogP contribution in [-0.2, 0) is 0 Å². The Kier molecular flexibility index (Phi) is 5.58. The van der Waals surface area contributed by atoms with E-state index in [1.165, 1.54) is 5.56 Å². The first-order chi connectivity index (χ1) is 7.18. The normalized spacial score (nSPS) is 9.00. The average molecular weight is 329 g/mol. The van der Waals surface area contributed by atoms with Crippen LogP contribution in [0.4, 0.5) is 0 Å². The maximum atomic E-state index is 3.84. The predicted octanol–water partition coefficient (Wildman–Crippen LogP) is 4.60. The van der Waals surface area contributed by atoms with E-state index in [0.717, 1.165) is 8.95 Å². The zero-order chi connectivity index (χ0) is 11.1. The van der Waals surface area contributed by atoms with Gasteiger partial charge in [0.15, 0.2) is 0 Å². The Bertz CT molecular complexity index is 384. The lowest BCUT2D eigenvalue weighted by Crippen LogP contribution is -1.67. The van der Waals surface area contributed by atoms with Gasteiger partial charge in [-0.3, -0.25) is 4.98 Å². The highest BCUT2D eigenvalue weighted by Crippen LogP contribution is 2.09. The Hall–Kier alpha value is -0.670. The Labute approximate surface area is 107 Å². The molecule has 1 heterocycles. The minimum absolute atomic E-state index is 1.02. The summed E-state index contributed by atoms with van der Waals surface area (Å²) < 4.78 is 2.17. The summed E-state index contributed by atoms with van der Waals surface area (Å²) in [5, 5.41) is 0. The summed E-state index contributed by atoms with van der Waals surface area (Å²) >= 11 is 6.61. The molecule has 3 heteroatoms. The fourth-order valence-electron chi connectivity index (χ4n) is 0.947. The number of benzene rings is 1. The van der Waals surface area contributed by atoms with Gasteiger partial charge in [-0.05, 0) is 47.1 Å². The van der Waals surface area contributed by atoms with Crippen molar-refractivity contribution < 1.29 is 0 Å². The Morgan fingerprint density at radius 3 is 2.07 bits per heavy atom. The molecule has 0 bridgehead atoms. The van der Waals surface area contributed by atoms with Crippen molar-refractivity contribution in [2.75, 3.05) is 0 Å². The van der Waals surface area contributed by atoms with Gasteiger partial charge in [0, 0.05) is 21.3 Å². The van der Waals surface area contributed by atoms with Gasteiger partial charge in [-0.1, -0.05) is 33.6 Å². The zero-order valence-corrected chi connectivity index (χ0v) is 11.5. The van der Waals surface area contributed by atoms with Crippen LogP contribution in [0.25, 0.3) is 0 Å². The van der Waals surface area contributed by atoms with Crippen LogP contribution < -0.4 is 0 Å². The van der Waals surface area contributed by atoms with Gasteiger partial charge in [-0.2, -0.15) is 0 Å². The highest BCUT2D eigenvalue weighted by molar-refractivity contribution is 9.10. The third-order valence-electron chi connectivity index (χ3n) is 1.61. The first-order valence-electron chi connectivity index (χ1n) is 4.46. The van der Waals surface area contributed by atoms with Crippen LogP contribution in [0.1, 0.15) is 5.56 Å². The second-order valence-electron chi connectivity index (χ2n) is 2.97. The van der Waals surface area contributed by atoms with Crippen molar-refractivity contribution in [1.29, 1.82) is 0 Å². The van der Waals surface area contributed by atoms with Crippen molar-refractivity contribution >= 4 is 31.9 Å². The maximum absolute atomic E-state index is 3.84. The first kappa shape index (κ1) is 12.4. The lowest BCUT2D eigenvalue weighted by atomic mass is 10.2. The third-order valence-corrected chi connectivity index (χ3v) is 2.57. The van der Waals surface area contributed by atoms with E-state index >= 15 is 0 Å². The van der Waals surface area contributed by atoms with Crippen LogP contribution in [0.2, 0.25) is 0 Å². The van der Waals surface area contributed by atoms with Gasteiger partial charge in [0.25, 0.3) is 0 Å². The minimum atomic E-state index is 1.02. The van der Waals surface area contributed by atoms with Gasteiger partial charge >= 0.3 is 0 Å². The monoisotopic (exact) mass is 327 g/mol. The van der Waals surface area contributed by atoms with E-state index in [9.17, 15) is 0 Å². The molecule has 78 valence electrons. The van der Waals surface area contributed by atoms with Gasteiger partial charge in [0.1, 0.15) is 0 Å². The molecule has 0 N–H and O–H groups in total. The largest absolute Gasteiger partial charge is 0.264 e. The predicted molar refractivity (Wildman–Crippen MR) is 70.8 cm³/mol. The van der Waals surface area contributed by atoms with Crippen LogP contribution in [-0.4, -0.2) is 4.98 Å². The molecule has 0 unspecified atom stereocenters. The molecule has 0 saturated carbocycles. The van der Waals surface area contributed by atoms with Gasteiger partial charge in [0.05, 0.1) is 0 Å². The van der Waals surface area contributed by atoms with Crippen LogP contribution >= 0.6 is 31.9 Å².